The predicted octanol–water partition coefficient (Wildman–Crippen LogP) is 2.42. The fourth-order valence-electron chi connectivity index (χ4n) is 3.02. The SMILES string of the molecule is Cc1ccc(S(=O)(=O)N2CCCC(C3OCCO3)C2)c(Cl)c1. The maximum Gasteiger partial charge on any atom is 0.244 e. The lowest BCUT2D eigenvalue weighted by molar-refractivity contribution is -0.0940. The van der Waals surface area contributed by atoms with Gasteiger partial charge in [0.05, 0.1) is 18.2 Å². The van der Waals surface area contributed by atoms with Crippen LogP contribution in [0.15, 0.2) is 23.1 Å². The molecule has 2 fully saturated rings. The van der Waals surface area contributed by atoms with Gasteiger partial charge < -0.3 is 9.47 Å². The lowest BCUT2D eigenvalue weighted by Gasteiger charge is -2.34. The second-order valence-corrected chi connectivity index (χ2v) is 8.12. The van der Waals surface area contributed by atoms with Gasteiger partial charge in [-0.1, -0.05) is 17.7 Å². The van der Waals surface area contributed by atoms with Crippen molar-refractivity contribution < 1.29 is 17.9 Å². The number of nitrogens with zero attached hydrogens (tertiary/aromatic N) is 1. The molecule has 22 heavy (non-hydrogen) atoms. The molecular formula is C15H20ClNO4S. The van der Waals surface area contributed by atoms with Gasteiger partial charge >= 0.3 is 0 Å². The topological polar surface area (TPSA) is 55.8 Å². The molecule has 0 amide bonds. The van der Waals surface area contributed by atoms with E-state index in [2.05, 4.69) is 0 Å². The average Bonchev–Trinajstić information content (AvgIpc) is 3.01. The molecule has 2 aliphatic rings. The van der Waals surface area contributed by atoms with Crippen molar-refractivity contribution in [2.75, 3.05) is 26.3 Å². The Balaban J connectivity index is 1.82. The van der Waals surface area contributed by atoms with E-state index < -0.39 is 10.0 Å². The largest absolute Gasteiger partial charge is 0.350 e. The third-order valence-corrected chi connectivity index (χ3v) is 6.51. The van der Waals surface area contributed by atoms with E-state index in [1.807, 2.05) is 6.92 Å². The molecule has 122 valence electrons. The fourth-order valence-corrected chi connectivity index (χ4v) is 5.13. The van der Waals surface area contributed by atoms with Gasteiger partial charge in [0.15, 0.2) is 6.29 Å². The Hall–Kier alpha value is -0.660. The Bertz CT molecular complexity index is 643. The Morgan fingerprint density at radius 3 is 2.68 bits per heavy atom. The molecule has 1 unspecified atom stereocenters. The molecule has 0 aromatic heterocycles. The van der Waals surface area contributed by atoms with Crippen LogP contribution in [-0.4, -0.2) is 45.3 Å². The number of sulfonamides is 1. The molecule has 1 aromatic rings. The molecule has 1 aromatic carbocycles. The minimum absolute atomic E-state index is 0.0789. The lowest BCUT2D eigenvalue weighted by Crippen LogP contribution is -2.43. The van der Waals surface area contributed by atoms with Gasteiger partial charge in [-0.2, -0.15) is 4.31 Å². The molecule has 1 atom stereocenters. The normalized spacial score (nSPS) is 24.7. The number of hydrogen-bond donors (Lipinski definition) is 0. The second-order valence-electron chi connectivity index (χ2n) is 5.81. The van der Waals surface area contributed by atoms with E-state index in [0.717, 1.165) is 18.4 Å². The number of ether oxygens (including phenoxy) is 2. The van der Waals surface area contributed by atoms with Gasteiger partial charge in [0, 0.05) is 19.0 Å². The molecule has 0 radical (unpaired) electrons. The summed E-state index contributed by atoms with van der Waals surface area (Å²) in [7, 11) is -3.58. The average molecular weight is 346 g/mol. The first-order valence-electron chi connectivity index (χ1n) is 7.48. The van der Waals surface area contributed by atoms with Crippen LogP contribution < -0.4 is 0 Å². The molecule has 3 rings (SSSR count). The third kappa shape index (κ3) is 3.16. The van der Waals surface area contributed by atoms with Crippen molar-refractivity contribution in [2.45, 2.75) is 31.0 Å². The van der Waals surface area contributed by atoms with Crippen LogP contribution in [-0.2, 0) is 19.5 Å². The second kappa shape index (κ2) is 6.45. The van der Waals surface area contributed by atoms with E-state index in [-0.39, 0.29) is 22.1 Å². The van der Waals surface area contributed by atoms with Gasteiger partial charge in [0.2, 0.25) is 10.0 Å². The fraction of sp³-hybridized carbons (Fsp3) is 0.600. The monoisotopic (exact) mass is 345 g/mol. The number of piperidine rings is 1. The Morgan fingerprint density at radius 1 is 1.27 bits per heavy atom. The van der Waals surface area contributed by atoms with Crippen LogP contribution in [0.1, 0.15) is 18.4 Å². The first-order valence-corrected chi connectivity index (χ1v) is 9.30. The highest BCUT2D eigenvalue weighted by molar-refractivity contribution is 7.89. The molecule has 2 aliphatic heterocycles. The standard InChI is InChI=1S/C15H20ClNO4S/c1-11-4-5-14(13(16)9-11)22(18,19)17-6-2-3-12(10-17)15-20-7-8-21-15/h4-5,9,12,15H,2-3,6-8,10H2,1H3. The minimum Gasteiger partial charge on any atom is -0.350 e. The van der Waals surface area contributed by atoms with Crippen LogP contribution in [0.2, 0.25) is 5.02 Å². The smallest absolute Gasteiger partial charge is 0.244 e. The van der Waals surface area contributed by atoms with Crippen LogP contribution in [0.4, 0.5) is 0 Å². The summed E-state index contributed by atoms with van der Waals surface area (Å²) >= 11 is 6.14. The highest BCUT2D eigenvalue weighted by atomic mass is 35.5. The van der Waals surface area contributed by atoms with E-state index >= 15 is 0 Å². The molecule has 7 heteroatoms. The number of hydrogen-bond acceptors (Lipinski definition) is 4. The van der Waals surface area contributed by atoms with Crippen LogP contribution >= 0.6 is 11.6 Å². The number of rotatable bonds is 3. The number of halogens is 1. The van der Waals surface area contributed by atoms with Crippen molar-refractivity contribution in [3.05, 3.63) is 28.8 Å². The van der Waals surface area contributed by atoms with Gasteiger partial charge in [0.1, 0.15) is 4.90 Å². The summed E-state index contributed by atoms with van der Waals surface area (Å²) in [4.78, 5) is 0.175. The van der Waals surface area contributed by atoms with Crippen LogP contribution in [0.3, 0.4) is 0 Å². The maximum absolute atomic E-state index is 12.8. The summed E-state index contributed by atoms with van der Waals surface area (Å²) in [6.45, 7) is 3.97. The molecule has 5 nitrogen and oxygen atoms in total. The predicted molar refractivity (Wildman–Crippen MR) is 83.4 cm³/mol. The quantitative estimate of drug-likeness (QED) is 0.844. The Labute approximate surface area is 136 Å². The summed E-state index contributed by atoms with van der Waals surface area (Å²) in [5.41, 5.74) is 0.938. The van der Waals surface area contributed by atoms with Crippen molar-refractivity contribution in [1.29, 1.82) is 0 Å². The summed E-state index contributed by atoms with van der Waals surface area (Å²) in [5, 5.41) is 0.274. The van der Waals surface area contributed by atoms with Gasteiger partial charge in [-0.15, -0.1) is 0 Å². The van der Waals surface area contributed by atoms with Gasteiger partial charge in [-0.3, -0.25) is 0 Å². The maximum atomic E-state index is 12.8. The third-order valence-electron chi connectivity index (χ3n) is 4.16. The number of benzene rings is 1. The van der Waals surface area contributed by atoms with Crippen molar-refractivity contribution in [2.24, 2.45) is 5.92 Å². The van der Waals surface area contributed by atoms with Crippen molar-refractivity contribution in [3.8, 4) is 0 Å². The zero-order valence-corrected chi connectivity index (χ0v) is 14.1. The van der Waals surface area contributed by atoms with Crippen molar-refractivity contribution >= 4 is 21.6 Å². The molecule has 0 spiro atoms. The van der Waals surface area contributed by atoms with Crippen molar-refractivity contribution in [1.82, 2.24) is 4.31 Å². The summed E-state index contributed by atoms with van der Waals surface area (Å²) in [6, 6.07) is 5.03. The molecule has 2 heterocycles. The Kier molecular flexibility index (Phi) is 4.75. The van der Waals surface area contributed by atoms with Crippen LogP contribution in [0, 0.1) is 12.8 Å². The molecule has 2 saturated heterocycles. The van der Waals surface area contributed by atoms with Crippen molar-refractivity contribution in [3.63, 3.8) is 0 Å². The summed E-state index contributed by atoms with van der Waals surface area (Å²) in [5.74, 6) is 0.0789. The zero-order valence-electron chi connectivity index (χ0n) is 12.5. The van der Waals surface area contributed by atoms with E-state index in [9.17, 15) is 8.42 Å². The molecular weight excluding hydrogens is 326 g/mol. The van der Waals surface area contributed by atoms with Gasteiger partial charge in [-0.05, 0) is 37.5 Å². The van der Waals surface area contributed by atoms with Gasteiger partial charge in [0.25, 0.3) is 0 Å². The van der Waals surface area contributed by atoms with E-state index in [4.69, 9.17) is 21.1 Å². The highest BCUT2D eigenvalue weighted by Crippen LogP contribution is 2.31. The Morgan fingerprint density at radius 2 is 2.00 bits per heavy atom. The number of aryl methyl sites for hydroxylation is 1. The zero-order chi connectivity index (χ0) is 15.7. The first-order chi connectivity index (χ1) is 10.5. The summed E-state index contributed by atoms with van der Waals surface area (Å²) < 4.78 is 38.2. The first kappa shape index (κ1) is 16.2. The van der Waals surface area contributed by atoms with Crippen LogP contribution in [0.5, 0.6) is 0 Å². The molecule has 0 N–H and O–H groups in total. The minimum atomic E-state index is -3.58. The molecule has 0 saturated carbocycles. The van der Waals surface area contributed by atoms with Crippen LogP contribution in [0.25, 0.3) is 0 Å². The highest BCUT2D eigenvalue weighted by Gasteiger charge is 2.36. The van der Waals surface area contributed by atoms with E-state index in [1.54, 1.807) is 18.2 Å². The molecule has 0 bridgehead atoms. The van der Waals surface area contributed by atoms with Gasteiger partial charge in [-0.25, -0.2) is 8.42 Å². The summed E-state index contributed by atoms with van der Waals surface area (Å²) in [6.07, 6.45) is 1.43. The lowest BCUT2D eigenvalue weighted by atomic mass is 9.99. The molecule has 0 aliphatic carbocycles. The van der Waals surface area contributed by atoms with E-state index in [0.29, 0.717) is 26.3 Å². The van der Waals surface area contributed by atoms with E-state index in [1.165, 1.54) is 4.31 Å².